The van der Waals surface area contributed by atoms with Gasteiger partial charge in [0.25, 0.3) is 0 Å². The van der Waals surface area contributed by atoms with Crippen molar-refractivity contribution < 1.29 is 5.11 Å². The number of benzene rings is 1. The fourth-order valence-electron chi connectivity index (χ4n) is 1.56. The van der Waals surface area contributed by atoms with Crippen molar-refractivity contribution in [2.75, 3.05) is 0 Å². The summed E-state index contributed by atoms with van der Waals surface area (Å²) in [7, 11) is 0. The summed E-state index contributed by atoms with van der Waals surface area (Å²) in [5, 5.41) is 9.90. The molecule has 14 heavy (non-hydrogen) atoms. The van der Waals surface area contributed by atoms with Crippen molar-refractivity contribution in [3.05, 3.63) is 33.3 Å². The molecule has 0 aliphatic rings. The number of halogens is 1. The predicted molar refractivity (Wildman–Crippen MR) is 62.2 cm³/mol. The zero-order valence-electron chi connectivity index (χ0n) is 8.71. The van der Waals surface area contributed by atoms with Crippen LogP contribution < -0.4 is 5.73 Å². The molecule has 2 unspecified atom stereocenters. The van der Waals surface area contributed by atoms with Crippen LogP contribution >= 0.6 is 15.9 Å². The number of aliphatic hydroxyl groups excluding tert-OH is 1. The molecule has 78 valence electrons. The molecular formula is C11H16BrNO. The Morgan fingerprint density at radius 3 is 2.36 bits per heavy atom. The fourth-order valence-corrected chi connectivity index (χ4v) is 2.47. The third-order valence-corrected chi connectivity index (χ3v) is 2.93. The summed E-state index contributed by atoms with van der Waals surface area (Å²) in [5.74, 6) is 0. The van der Waals surface area contributed by atoms with E-state index in [2.05, 4.69) is 15.9 Å². The minimum Gasteiger partial charge on any atom is -0.387 e. The molecule has 1 aromatic carbocycles. The molecule has 0 radical (unpaired) electrons. The van der Waals surface area contributed by atoms with Crippen LogP contribution in [0.1, 0.15) is 29.7 Å². The summed E-state index contributed by atoms with van der Waals surface area (Å²) in [4.78, 5) is 0. The van der Waals surface area contributed by atoms with E-state index in [0.29, 0.717) is 0 Å². The maximum Gasteiger partial charge on any atom is 0.0951 e. The van der Waals surface area contributed by atoms with Crippen LogP contribution in [0.4, 0.5) is 0 Å². The number of aliphatic hydroxyl groups is 1. The van der Waals surface area contributed by atoms with Crippen molar-refractivity contribution in [3.63, 3.8) is 0 Å². The van der Waals surface area contributed by atoms with Crippen molar-refractivity contribution in [3.8, 4) is 0 Å². The van der Waals surface area contributed by atoms with Gasteiger partial charge in [0.15, 0.2) is 0 Å². The van der Waals surface area contributed by atoms with Gasteiger partial charge in [-0.3, -0.25) is 0 Å². The molecule has 1 rings (SSSR count). The lowest BCUT2D eigenvalue weighted by Crippen LogP contribution is -2.25. The molecule has 0 bridgehead atoms. The first-order valence-corrected chi connectivity index (χ1v) is 5.43. The Morgan fingerprint density at radius 2 is 1.93 bits per heavy atom. The SMILES string of the molecule is Cc1cc(C)c(C(O)C(C)N)c(Br)c1. The minimum absolute atomic E-state index is 0.257. The van der Waals surface area contributed by atoms with Crippen molar-refractivity contribution in [1.29, 1.82) is 0 Å². The van der Waals surface area contributed by atoms with E-state index < -0.39 is 6.10 Å². The lowest BCUT2D eigenvalue weighted by atomic mass is 9.97. The third kappa shape index (κ3) is 2.35. The molecule has 0 heterocycles. The highest BCUT2D eigenvalue weighted by Crippen LogP contribution is 2.29. The monoisotopic (exact) mass is 257 g/mol. The third-order valence-electron chi connectivity index (χ3n) is 2.27. The molecule has 3 N–H and O–H groups in total. The lowest BCUT2D eigenvalue weighted by molar-refractivity contribution is 0.152. The molecular weight excluding hydrogens is 242 g/mol. The lowest BCUT2D eigenvalue weighted by Gasteiger charge is -2.19. The maximum absolute atomic E-state index is 9.90. The average molecular weight is 258 g/mol. The Morgan fingerprint density at radius 1 is 1.36 bits per heavy atom. The molecule has 0 aliphatic heterocycles. The van der Waals surface area contributed by atoms with Crippen LogP contribution in [0.3, 0.4) is 0 Å². The fraction of sp³-hybridized carbons (Fsp3) is 0.455. The van der Waals surface area contributed by atoms with Gasteiger partial charge >= 0.3 is 0 Å². The number of rotatable bonds is 2. The second-order valence-electron chi connectivity index (χ2n) is 3.78. The van der Waals surface area contributed by atoms with E-state index in [4.69, 9.17) is 5.73 Å². The van der Waals surface area contributed by atoms with E-state index in [1.807, 2.05) is 26.0 Å². The highest BCUT2D eigenvalue weighted by Gasteiger charge is 2.17. The molecule has 0 aliphatic carbocycles. The quantitative estimate of drug-likeness (QED) is 0.855. The zero-order valence-corrected chi connectivity index (χ0v) is 10.3. The van der Waals surface area contributed by atoms with Crippen LogP contribution in [0.5, 0.6) is 0 Å². The standard InChI is InChI=1S/C11H16BrNO/c1-6-4-7(2)10(9(12)5-6)11(14)8(3)13/h4-5,8,11,14H,13H2,1-3H3. The number of hydrogen-bond donors (Lipinski definition) is 2. The summed E-state index contributed by atoms with van der Waals surface area (Å²) in [6.45, 7) is 5.81. The van der Waals surface area contributed by atoms with Gasteiger partial charge in [0.1, 0.15) is 0 Å². The largest absolute Gasteiger partial charge is 0.387 e. The molecule has 0 saturated heterocycles. The number of hydrogen-bond acceptors (Lipinski definition) is 2. The van der Waals surface area contributed by atoms with Crippen LogP contribution in [0.15, 0.2) is 16.6 Å². The van der Waals surface area contributed by atoms with Gasteiger partial charge in [0.05, 0.1) is 6.10 Å². The van der Waals surface area contributed by atoms with Crippen molar-refractivity contribution >= 4 is 15.9 Å². The first-order chi connectivity index (χ1) is 6.43. The summed E-state index contributed by atoms with van der Waals surface area (Å²) in [6, 6.07) is 3.78. The van der Waals surface area contributed by atoms with Crippen LogP contribution in [0.25, 0.3) is 0 Å². The van der Waals surface area contributed by atoms with E-state index in [9.17, 15) is 5.11 Å². The first-order valence-electron chi connectivity index (χ1n) is 4.63. The van der Waals surface area contributed by atoms with Gasteiger partial charge in [-0.1, -0.05) is 22.0 Å². The average Bonchev–Trinajstić information content (AvgIpc) is 2.01. The zero-order chi connectivity index (χ0) is 10.9. The van der Waals surface area contributed by atoms with Gasteiger partial charge in [-0.15, -0.1) is 0 Å². The molecule has 3 heteroatoms. The van der Waals surface area contributed by atoms with E-state index in [0.717, 1.165) is 15.6 Å². The highest BCUT2D eigenvalue weighted by molar-refractivity contribution is 9.10. The molecule has 1 aromatic rings. The van der Waals surface area contributed by atoms with Gasteiger partial charge in [-0.2, -0.15) is 0 Å². The van der Waals surface area contributed by atoms with Gasteiger partial charge in [0.2, 0.25) is 0 Å². The summed E-state index contributed by atoms with van der Waals surface area (Å²) in [6.07, 6.45) is -0.607. The maximum atomic E-state index is 9.90. The summed E-state index contributed by atoms with van der Waals surface area (Å²) < 4.78 is 0.930. The molecule has 0 saturated carbocycles. The summed E-state index contributed by atoms with van der Waals surface area (Å²) in [5.41, 5.74) is 8.81. The van der Waals surface area contributed by atoms with Crippen LogP contribution in [0, 0.1) is 13.8 Å². The van der Waals surface area contributed by atoms with E-state index in [1.165, 1.54) is 5.56 Å². The molecule has 0 aromatic heterocycles. The van der Waals surface area contributed by atoms with Crippen molar-refractivity contribution in [2.45, 2.75) is 32.9 Å². The van der Waals surface area contributed by atoms with Gasteiger partial charge in [-0.25, -0.2) is 0 Å². The Balaban J connectivity index is 3.20. The predicted octanol–water partition coefficient (Wildman–Crippen LogP) is 2.45. The Labute approximate surface area is 93.3 Å². The van der Waals surface area contributed by atoms with Crippen molar-refractivity contribution in [1.82, 2.24) is 0 Å². The smallest absolute Gasteiger partial charge is 0.0951 e. The molecule has 2 nitrogen and oxygen atoms in total. The minimum atomic E-state index is -0.607. The molecule has 0 fully saturated rings. The highest BCUT2D eigenvalue weighted by atomic mass is 79.9. The number of aryl methyl sites for hydroxylation is 2. The Kier molecular flexibility index (Phi) is 3.70. The van der Waals surface area contributed by atoms with Crippen molar-refractivity contribution in [2.24, 2.45) is 5.73 Å². The summed E-state index contributed by atoms with van der Waals surface area (Å²) >= 11 is 3.45. The van der Waals surface area contributed by atoms with Gasteiger partial charge in [0, 0.05) is 10.5 Å². The second-order valence-corrected chi connectivity index (χ2v) is 4.64. The van der Waals surface area contributed by atoms with Crippen LogP contribution in [-0.2, 0) is 0 Å². The van der Waals surface area contributed by atoms with Gasteiger partial charge < -0.3 is 10.8 Å². The van der Waals surface area contributed by atoms with Gasteiger partial charge in [-0.05, 0) is 43.5 Å². The van der Waals surface area contributed by atoms with Crippen LogP contribution in [0.2, 0.25) is 0 Å². The normalized spacial score (nSPS) is 15.3. The molecule has 0 amide bonds. The number of nitrogens with two attached hydrogens (primary N) is 1. The topological polar surface area (TPSA) is 46.2 Å². The molecule has 2 atom stereocenters. The van der Waals surface area contributed by atoms with E-state index >= 15 is 0 Å². The Bertz CT molecular complexity index is 313. The van der Waals surface area contributed by atoms with Crippen LogP contribution in [-0.4, -0.2) is 11.1 Å². The van der Waals surface area contributed by atoms with E-state index in [1.54, 1.807) is 6.92 Å². The Hall–Kier alpha value is -0.380. The van der Waals surface area contributed by atoms with E-state index in [-0.39, 0.29) is 6.04 Å². The first kappa shape index (κ1) is 11.7. The molecule has 0 spiro atoms. The second kappa shape index (κ2) is 4.43.